The molecule has 1 aliphatic rings. The number of hydrogen-bond donors (Lipinski definition) is 2. The molecule has 0 unspecified atom stereocenters. The van der Waals surface area contributed by atoms with E-state index in [0.717, 1.165) is 37.3 Å². The zero-order valence-corrected chi connectivity index (χ0v) is 15.0. The van der Waals surface area contributed by atoms with Crippen LogP contribution in [-0.4, -0.2) is 40.9 Å². The van der Waals surface area contributed by atoms with Crippen molar-refractivity contribution in [1.82, 2.24) is 15.0 Å². The Morgan fingerprint density at radius 1 is 1.21 bits per heavy atom. The van der Waals surface area contributed by atoms with Crippen LogP contribution in [0.2, 0.25) is 0 Å². The first-order valence-corrected chi connectivity index (χ1v) is 9.09. The molecule has 0 atom stereocenters. The fourth-order valence-corrected chi connectivity index (χ4v) is 3.51. The van der Waals surface area contributed by atoms with Gasteiger partial charge in [0.25, 0.3) is 0 Å². The van der Waals surface area contributed by atoms with Crippen LogP contribution >= 0.6 is 0 Å². The molecule has 0 radical (unpaired) electrons. The molecule has 0 aliphatic carbocycles. The number of pyridine rings is 1. The maximum Gasteiger partial charge on any atom is 0.573 e. The molecule has 148 valence electrons. The predicted octanol–water partition coefficient (Wildman–Crippen LogP) is 3.70. The number of piperidine rings is 1. The molecule has 1 fully saturated rings. The van der Waals surface area contributed by atoms with Gasteiger partial charge in [-0.05, 0) is 43.5 Å². The van der Waals surface area contributed by atoms with E-state index in [-0.39, 0.29) is 5.75 Å². The maximum atomic E-state index is 12.5. The second-order valence-electron chi connectivity index (χ2n) is 6.86. The molecule has 6 nitrogen and oxygen atoms in total. The van der Waals surface area contributed by atoms with E-state index in [4.69, 9.17) is 5.73 Å². The van der Waals surface area contributed by atoms with Crippen LogP contribution in [0.25, 0.3) is 22.4 Å². The highest BCUT2D eigenvalue weighted by atomic mass is 19.4. The Hall–Kier alpha value is -2.81. The lowest BCUT2D eigenvalue weighted by atomic mass is 9.97. The van der Waals surface area contributed by atoms with Crippen LogP contribution in [-0.2, 0) is 0 Å². The minimum atomic E-state index is -4.74. The SMILES string of the molecule is NCC1CCN(c2nccc3[nH]c(-c4cccc(OC(F)(F)F)c4)nc23)CC1. The molecule has 1 aliphatic heterocycles. The Morgan fingerprint density at radius 3 is 2.71 bits per heavy atom. The standard InChI is InChI=1S/C19H20F3N5O/c20-19(21,22)28-14-3-1-2-13(10-14)17-25-15-4-7-24-18(16(15)26-17)27-8-5-12(11-23)6-9-27/h1-4,7,10,12H,5-6,8-9,11,23H2,(H,25,26). The Labute approximate surface area is 159 Å². The number of rotatable bonds is 4. The maximum absolute atomic E-state index is 12.5. The number of anilines is 1. The molecule has 3 aromatic rings. The molecule has 1 saturated heterocycles. The van der Waals surface area contributed by atoms with Crippen LogP contribution in [0.3, 0.4) is 0 Å². The molecule has 2 aromatic heterocycles. The van der Waals surface area contributed by atoms with Gasteiger partial charge in [0.05, 0.1) is 5.52 Å². The smallest absolute Gasteiger partial charge is 0.406 e. The fourth-order valence-electron chi connectivity index (χ4n) is 3.51. The Bertz CT molecular complexity index is 964. The van der Waals surface area contributed by atoms with Crippen LogP contribution in [0.1, 0.15) is 12.8 Å². The highest BCUT2D eigenvalue weighted by Crippen LogP contribution is 2.31. The number of nitrogens with one attached hydrogen (secondary N) is 1. The highest BCUT2D eigenvalue weighted by molar-refractivity contribution is 5.88. The minimum Gasteiger partial charge on any atom is -0.406 e. The first-order valence-electron chi connectivity index (χ1n) is 9.09. The summed E-state index contributed by atoms with van der Waals surface area (Å²) in [5.74, 6) is 1.49. The molecular formula is C19H20F3N5O. The third-order valence-electron chi connectivity index (χ3n) is 4.97. The minimum absolute atomic E-state index is 0.285. The summed E-state index contributed by atoms with van der Waals surface area (Å²) in [6.07, 6.45) is -1.03. The van der Waals surface area contributed by atoms with E-state index in [1.165, 1.54) is 18.2 Å². The van der Waals surface area contributed by atoms with Gasteiger partial charge in [0.2, 0.25) is 0 Å². The van der Waals surface area contributed by atoms with Crippen LogP contribution < -0.4 is 15.4 Å². The van der Waals surface area contributed by atoms with Gasteiger partial charge in [0.1, 0.15) is 17.1 Å². The number of halogens is 3. The molecule has 9 heteroatoms. The highest BCUT2D eigenvalue weighted by Gasteiger charge is 2.31. The van der Waals surface area contributed by atoms with Gasteiger partial charge in [0.15, 0.2) is 5.82 Å². The zero-order chi connectivity index (χ0) is 19.7. The summed E-state index contributed by atoms with van der Waals surface area (Å²) in [6.45, 7) is 2.39. The quantitative estimate of drug-likeness (QED) is 0.709. The van der Waals surface area contributed by atoms with E-state index in [9.17, 15) is 13.2 Å². The number of aromatic amines is 1. The largest absolute Gasteiger partial charge is 0.573 e. The first-order chi connectivity index (χ1) is 13.4. The van der Waals surface area contributed by atoms with Gasteiger partial charge in [-0.2, -0.15) is 0 Å². The third-order valence-corrected chi connectivity index (χ3v) is 4.97. The van der Waals surface area contributed by atoms with E-state index >= 15 is 0 Å². The van der Waals surface area contributed by atoms with E-state index in [1.54, 1.807) is 18.3 Å². The normalized spacial score (nSPS) is 15.9. The third kappa shape index (κ3) is 3.89. The number of fused-ring (bicyclic) bond motifs is 1. The topological polar surface area (TPSA) is 80.1 Å². The summed E-state index contributed by atoms with van der Waals surface area (Å²) >= 11 is 0. The summed E-state index contributed by atoms with van der Waals surface area (Å²) in [7, 11) is 0. The van der Waals surface area contributed by atoms with Gasteiger partial charge in [0, 0.05) is 24.8 Å². The average Bonchev–Trinajstić information content (AvgIpc) is 3.11. The Kier molecular flexibility index (Phi) is 4.84. The van der Waals surface area contributed by atoms with Gasteiger partial charge in [-0.1, -0.05) is 12.1 Å². The molecule has 0 bridgehead atoms. The summed E-state index contributed by atoms with van der Waals surface area (Å²) in [5.41, 5.74) is 7.75. The Morgan fingerprint density at radius 2 is 2.00 bits per heavy atom. The van der Waals surface area contributed by atoms with Crippen molar-refractivity contribution < 1.29 is 17.9 Å². The molecule has 28 heavy (non-hydrogen) atoms. The molecule has 4 rings (SSSR count). The van der Waals surface area contributed by atoms with Gasteiger partial charge < -0.3 is 20.4 Å². The van der Waals surface area contributed by atoms with E-state index in [2.05, 4.69) is 24.6 Å². The number of hydrogen-bond acceptors (Lipinski definition) is 5. The van der Waals surface area contributed by atoms with Crippen LogP contribution in [0.5, 0.6) is 5.75 Å². The predicted molar refractivity (Wildman–Crippen MR) is 100.0 cm³/mol. The number of benzene rings is 1. The number of aromatic nitrogens is 3. The average molecular weight is 391 g/mol. The van der Waals surface area contributed by atoms with Gasteiger partial charge in [-0.25, -0.2) is 9.97 Å². The van der Waals surface area contributed by atoms with Crippen molar-refractivity contribution in [3.05, 3.63) is 36.5 Å². The van der Waals surface area contributed by atoms with Crippen molar-refractivity contribution in [2.75, 3.05) is 24.5 Å². The fraction of sp³-hybridized carbons (Fsp3) is 0.368. The lowest BCUT2D eigenvalue weighted by Gasteiger charge is -2.32. The van der Waals surface area contributed by atoms with Gasteiger partial charge in [-0.3, -0.25) is 0 Å². The molecule has 0 saturated carbocycles. The van der Waals surface area contributed by atoms with E-state index in [0.29, 0.717) is 29.4 Å². The van der Waals surface area contributed by atoms with Crippen molar-refractivity contribution in [2.45, 2.75) is 19.2 Å². The second-order valence-corrected chi connectivity index (χ2v) is 6.86. The van der Waals surface area contributed by atoms with Gasteiger partial charge >= 0.3 is 6.36 Å². The monoisotopic (exact) mass is 391 g/mol. The van der Waals surface area contributed by atoms with Crippen molar-refractivity contribution in [2.24, 2.45) is 11.7 Å². The molecular weight excluding hydrogens is 371 g/mol. The van der Waals surface area contributed by atoms with Crippen molar-refractivity contribution in [3.63, 3.8) is 0 Å². The van der Waals surface area contributed by atoms with Crippen molar-refractivity contribution in [1.29, 1.82) is 0 Å². The lowest BCUT2D eigenvalue weighted by molar-refractivity contribution is -0.274. The number of imidazole rings is 1. The van der Waals surface area contributed by atoms with E-state index < -0.39 is 6.36 Å². The van der Waals surface area contributed by atoms with Crippen molar-refractivity contribution >= 4 is 16.9 Å². The molecule has 1 aromatic carbocycles. The van der Waals surface area contributed by atoms with Crippen LogP contribution in [0, 0.1) is 5.92 Å². The zero-order valence-electron chi connectivity index (χ0n) is 15.0. The number of alkyl halides is 3. The number of nitrogens with two attached hydrogens (primary N) is 1. The lowest BCUT2D eigenvalue weighted by Crippen LogP contribution is -2.36. The first kappa shape index (κ1) is 18.5. The molecule has 0 spiro atoms. The molecule has 3 N–H and O–H groups in total. The van der Waals surface area contributed by atoms with Crippen LogP contribution in [0.4, 0.5) is 19.0 Å². The number of nitrogens with zero attached hydrogens (tertiary/aromatic N) is 3. The van der Waals surface area contributed by atoms with E-state index in [1.807, 2.05) is 0 Å². The number of ether oxygens (including phenoxy) is 1. The summed E-state index contributed by atoms with van der Waals surface area (Å²) in [4.78, 5) is 14.5. The van der Waals surface area contributed by atoms with Crippen LogP contribution in [0.15, 0.2) is 36.5 Å². The Balaban J connectivity index is 1.65. The number of H-pyrrole nitrogens is 1. The van der Waals surface area contributed by atoms with Crippen molar-refractivity contribution in [3.8, 4) is 17.1 Å². The summed E-state index contributed by atoms with van der Waals surface area (Å²) in [6, 6.07) is 7.55. The second kappa shape index (κ2) is 7.31. The molecule has 3 heterocycles. The van der Waals surface area contributed by atoms with Gasteiger partial charge in [-0.15, -0.1) is 13.2 Å². The summed E-state index contributed by atoms with van der Waals surface area (Å²) in [5, 5.41) is 0. The molecule has 0 amide bonds. The summed E-state index contributed by atoms with van der Waals surface area (Å²) < 4.78 is 41.5.